The molecular formula is C20H27NO3S. The SMILES string of the molecule is C[C@@H](OC(=O)c1cc2c(s1)CCCC2)C(=O)NCCC1=CCCCC1. The van der Waals surface area contributed by atoms with Crippen LogP contribution in [0, 0.1) is 0 Å². The lowest BCUT2D eigenvalue weighted by atomic mass is 9.97. The molecule has 4 nitrogen and oxygen atoms in total. The lowest BCUT2D eigenvalue weighted by Crippen LogP contribution is -2.36. The summed E-state index contributed by atoms with van der Waals surface area (Å²) in [6.07, 6.45) is 11.7. The quantitative estimate of drug-likeness (QED) is 0.611. The molecule has 0 bridgehead atoms. The van der Waals surface area contributed by atoms with Crippen molar-refractivity contribution in [3.8, 4) is 0 Å². The number of nitrogens with one attached hydrogen (secondary N) is 1. The van der Waals surface area contributed by atoms with Crippen molar-refractivity contribution in [3.63, 3.8) is 0 Å². The van der Waals surface area contributed by atoms with Crippen LogP contribution in [0.5, 0.6) is 0 Å². The van der Waals surface area contributed by atoms with Crippen LogP contribution in [0.25, 0.3) is 0 Å². The van der Waals surface area contributed by atoms with Crippen molar-refractivity contribution in [2.45, 2.75) is 70.8 Å². The number of ether oxygens (including phenoxy) is 1. The van der Waals surface area contributed by atoms with Crippen LogP contribution < -0.4 is 5.32 Å². The molecule has 136 valence electrons. The van der Waals surface area contributed by atoms with Gasteiger partial charge < -0.3 is 10.1 Å². The minimum Gasteiger partial charge on any atom is -0.448 e. The van der Waals surface area contributed by atoms with E-state index in [0.717, 1.165) is 32.1 Å². The molecule has 1 amide bonds. The summed E-state index contributed by atoms with van der Waals surface area (Å²) in [5, 5.41) is 2.88. The maximum Gasteiger partial charge on any atom is 0.349 e. The predicted molar refractivity (Wildman–Crippen MR) is 100 cm³/mol. The number of thiophene rings is 1. The zero-order valence-electron chi connectivity index (χ0n) is 14.9. The molecule has 5 heteroatoms. The molecule has 0 aromatic carbocycles. The Morgan fingerprint density at radius 2 is 2.00 bits per heavy atom. The highest BCUT2D eigenvalue weighted by atomic mass is 32.1. The van der Waals surface area contributed by atoms with E-state index in [4.69, 9.17) is 4.74 Å². The second-order valence-corrected chi connectivity index (χ2v) is 8.10. The number of carbonyl (C=O) groups excluding carboxylic acids is 2. The number of hydrogen-bond acceptors (Lipinski definition) is 4. The number of aryl methyl sites for hydroxylation is 2. The summed E-state index contributed by atoms with van der Waals surface area (Å²) in [4.78, 5) is 26.4. The number of fused-ring (bicyclic) bond motifs is 1. The Bertz CT molecular complexity index is 638. The molecule has 1 atom stereocenters. The van der Waals surface area contributed by atoms with E-state index in [1.165, 1.54) is 53.0 Å². The summed E-state index contributed by atoms with van der Waals surface area (Å²) in [5.74, 6) is -0.594. The Kier molecular flexibility index (Phi) is 6.29. The van der Waals surface area contributed by atoms with Gasteiger partial charge in [0.2, 0.25) is 0 Å². The van der Waals surface area contributed by atoms with E-state index in [0.29, 0.717) is 11.4 Å². The average Bonchev–Trinajstić information content (AvgIpc) is 3.07. The molecule has 2 aliphatic carbocycles. The number of allylic oxidation sites excluding steroid dienone is 1. The van der Waals surface area contributed by atoms with Gasteiger partial charge in [0, 0.05) is 11.4 Å². The second-order valence-electron chi connectivity index (χ2n) is 6.96. The van der Waals surface area contributed by atoms with Gasteiger partial charge in [0.1, 0.15) is 4.88 Å². The van der Waals surface area contributed by atoms with Gasteiger partial charge in [0.05, 0.1) is 0 Å². The summed E-state index contributed by atoms with van der Waals surface area (Å²) in [5.41, 5.74) is 2.71. The highest BCUT2D eigenvalue weighted by molar-refractivity contribution is 7.14. The molecule has 0 spiro atoms. The summed E-state index contributed by atoms with van der Waals surface area (Å²) < 4.78 is 5.36. The largest absolute Gasteiger partial charge is 0.448 e. The molecule has 1 N–H and O–H groups in total. The molecule has 1 aromatic rings. The molecule has 25 heavy (non-hydrogen) atoms. The molecule has 0 saturated carbocycles. The van der Waals surface area contributed by atoms with Gasteiger partial charge in [-0.05, 0) is 76.3 Å². The Labute approximate surface area is 153 Å². The van der Waals surface area contributed by atoms with Gasteiger partial charge in [-0.2, -0.15) is 0 Å². The predicted octanol–water partition coefficient (Wildman–Crippen LogP) is 4.18. The first kappa shape index (κ1) is 18.2. The second kappa shape index (κ2) is 8.65. The van der Waals surface area contributed by atoms with Crippen LogP contribution in [0.3, 0.4) is 0 Å². The molecule has 2 aliphatic rings. The van der Waals surface area contributed by atoms with Crippen LogP contribution in [0.4, 0.5) is 0 Å². The average molecular weight is 362 g/mol. The van der Waals surface area contributed by atoms with E-state index in [2.05, 4.69) is 11.4 Å². The van der Waals surface area contributed by atoms with Gasteiger partial charge in [0.15, 0.2) is 6.10 Å². The molecule has 0 aliphatic heterocycles. The third-order valence-electron chi connectivity index (χ3n) is 4.98. The minimum atomic E-state index is -0.757. The van der Waals surface area contributed by atoms with Gasteiger partial charge in [-0.3, -0.25) is 4.79 Å². The smallest absolute Gasteiger partial charge is 0.349 e. The van der Waals surface area contributed by atoms with E-state index >= 15 is 0 Å². The number of carbonyl (C=O) groups is 2. The maximum atomic E-state index is 12.3. The van der Waals surface area contributed by atoms with E-state index in [1.807, 2.05) is 6.07 Å². The topological polar surface area (TPSA) is 55.4 Å². The van der Waals surface area contributed by atoms with Gasteiger partial charge in [-0.15, -0.1) is 11.3 Å². The van der Waals surface area contributed by atoms with Gasteiger partial charge in [0.25, 0.3) is 5.91 Å². The number of rotatable bonds is 6. The lowest BCUT2D eigenvalue weighted by molar-refractivity contribution is -0.129. The zero-order chi connectivity index (χ0) is 17.6. The lowest BCUT2D eigenvalue weighted by Gasteiger charge is -2.15. The van der Waals surface area contributed by atoms with Gasteiger partial charge in [-0.25, -0.2) is 4.79 Å². The molecule has 0 saturated heterocycles. The van der Waals surface area contributed by atoms with Crippen LogP contribution >= 0.6 is 11.3 Å². The fourth-order valence-electron chi connectivity index (χ4n) is 3.49. The number of esters is 1. The Hall–Kier alpha value is -1.62. The maximum absolute atomic E-state index is 12.3. The molecule has 0 radical (unpaired) electrons. The fourth-order valence-corrected chi connectivity index (χ4v) is 4.62. The summed E-state index contributed by atoms with van der Waals surface area (Å²) in [7, 11) is 0. The summed E-state index contributed by atoms with van der Waals surface area (Å²) in [6.45, 7) is 2.25. The van der Waals surface area contributed by atoms with E-state index in [9.17, 15) is 9.59 Å². The summed E-state index contributed by atoms with van der Waals surface area (Å²) >= 11 is 1.52. The normalized spacial score (nSPS) is 18.0. The first-order valence-electron chi connectivity index (χ1n) is 9.41. The van der Waals surface area contributed by atoms with Crippen LogP contribution in [0.1, 0.15) is 72.0 Å². The monoisotopic (exact) mass is 361 g/mol. The standard InChI is InChI=1S/C20H27NO3S/c1-14(19(22)21-12-11-15-7-3-2-4-8-15)24-20(23)18-13-16-9-5-6-10-17(16)25-18/h7,13-14H,2-6,8-12H2,1H3,(H,21,22)/t14-/m1/s1. The molecule has 0 unspecified atom stereocenters. The van der Waals surface area contributed by atoms with Crippen LogP contribution in [0.15, 0.2) is 17.7 Å². The van der Waals surface area contributed by atoms with Gasteiger partial charge >= 0.3 is 5.97 Å². The van der Waals surface area contributed by atoms with Crippen LogP contribution in [0.2, 0.25) is 0 Å². The van der Waals surface area contributed by atoms with E-state index in [1.54, 1.807) is 6.92 Å². The molecule has 0 fully saturated rings. The van der Waals surface area contributed by atoms with Crippen molar-refractivity contribution in [1.82, 2.24) is 5.32 Å². The first-order valence-corrected chi connectivity index (χ1v) is 10.2. The van der Waals surface area contributed by atoms with Crippen molar-refractivity contribution >= 4 is 23.2 Å². The number of hydrogen-bond donors (Lipinski definition) is 1. The zero-order valence-corrected chi connectivity index (χ0v) is 15.8. The fraction of sp³-hybridized carbons (Fsp3) is 0.600. The third-order valence-corrected chi connectivity index (χ3v) is 6.20. The molecule has 1 heterocycles. The van der Waals surface area contributed by atoms with Crippen LogP contribution in [-0.2, 0) is 22.4 Å². The molecule has 3 rings (SSSR count). The van der Waals surface area contributed by atoms with Crippen molar-refractivity contribution < 1.29 is 14.3 Å². The highest BCUT2D eigenvalue weighted by Crippen LogP contribution is 2.30. The minimum absolute atomic E-state index is 0.217. The van der Waals surface area contributed by atoms with Crippen molar-refractivity contribution in [2.24, 2.45) is 0 Å². The molecule has 1 aromatic heterocycles. The van der Waals surface area contributed by atoms with E-state index < -0.39 is 6.10 Å². The highest BCUT2D eigenvalue weighted by Gasteiger charge is 2.22. The Morgan fingerprint density at radius 1 is 1.20 bits per heavy atom. The van der Waals surface area contributed by atoms with Crippen molar-refractivity contribution in [2.75, 3.05) is 6.54 Å². The Balaban J connectivity index is 1.45. The first-order chi connectivity index (χ1) is 12.1. The molecular weight excluding hydrogens is 334 g/mol. The summed E-state index contributed by atoms with van der Waals surface area (Å²) in [6, 6.07) is 1.95. The van der Waals surface area contributed by atoms with Crippen molar-refractivity contribution in [1.29, 1.82) is 0 Å². The van der Waals surface area contributed by atoms with Gasteiger partial charge in [-0.1, -0.05) is 11.6 Å². The van der Waals surface area contributed by atoms with Crippen molar-refractivity contribution in [3.05, 3.63) is 33.0 Å². The number of amides is 1. The van der Waals surface area contributed by atoms with E-state index in [-0.39, 0.29) is 11.9 Å². The third kappa shape index (κ3) is 4.94. The van der Waals surface area contributed by atoms with Crippen LogP contribution in [-0.4, -0.2) is 24.5 Å². The Morgan fingerprint density at radius 3 is 2.76 bits per heavy atom.